The van der Waals surface area contributed by atoms with Crippen molar-refractivity contribution in [3.8, 4) is 0 Å². The number of hydrogen-bond donors (Lipinski definition) is 0. The summed E-state index contributed by atoms with van der Waals surface area (Å²) in [6.45, 7) is 0. The Kier molecular flexibility index (Phi) is 5.23. The number of hydrogen-bond acceptors (Lipinski definition) is 2. The van der Waals surface area contributed by atoms with Crippen LogP contribution in [0.1, 0.15) is 0 Å². The van der Waals surface area contributed by atoms with Crippen LogP contribution in [0.15, 0.2) is 174 Å². The first-order chi connectivity index (χ1) is 25.3. The zero-order chi connectivity index (χ0) is 33.2. The van der Waals surface area contributed by atoms with E-state index >= 15 is 0 Å². The molecule has 3 nitrogen and oxygen atoms in total. The third-order valence-corrected chi connectivity index (χ3v) is 11.0. The molecule has 12 rings (SSSR count). The Morgan fingerprint density at radius 1 is 0.373 bits per heavy atom. The van der Waals surface area contributed by atoms with Gasteiger partial charge in [-0.05, 0) is 82.2 Å². The van der Waals surface area contributed by atoms with E-state index in [4.69, 9.17) is 4.42 Å². The van der Waals surface area contributed by atoms with E-state index in [2.05, 4.69) is 179 Å². The van der Waals surface area contributed by atoms with Crippen LogP contribution in [0.2, 0.25) is 0 Å². The molecule has 0 atom stereocenters. The van der Waals surface area contributed by atoms with Crippen LogP contribution >= 0.6 is 0 Å². The number of rotatable bonds is 3. The van der Waals surface area contributed by atoms with Gasteiger partial charge in [-0.2, -0.15) is 0 Å². The summed E-state index contributed by atoms with van der Waals surface area (Å²) in [5.74, 6) is 0. The number of para-hydroxylation sites is 3. The highest BCUT2D eigenvalue weighted by molar-refractivity contribution is 6.34. The fourth-order valence-corrected chi connectivity index (χ4v) is 8.87. The van der Waals surface area contributed by atoms with Crippen molar-refractivity contribution >= 4 is 109 Å². The van der Waals surface area contributed by atoms with Crippen molar-refractivity contribution in [1.29, 1.82) is 0 Å². The van der Waals surface area contributed by atoms with Crippen molar-refractivity contribution < 1.29 is 4.42 Å². The number of anilines is 3. The minimum Gasteiger partial charge on any atom is -0.456 e. The Hall–Kier alpha value is -6.84. The summed E-state index contributed by atoms with van der Waals surface area (Å²) in [6.07, 6.45) is 0. The first-order valence-electron chi connectivity index (χ1n) is 17.5. The summed E-state index contributed by atoms with van der Waals surface area (Å²) in [7, 11) is 0. The molecule has 0 radical (unpaired) electrons. The van der Waals surface area contributed by atoms with Gasteiger partial charge in [-0.1, -0.05) is 109 Å². The van der Waals surface area contributed by atoms with E-state index < -0.39 is 0 Å². The van der Waals surface area contributed by atoms with Crippen molar-refractivity contribution in [3.05, 3.63) is 170 Å². The number of nitrogens with zero attached hydrogens (tertiary/aromatic N) is 2. The van der Waals surface area contributed by atoms with Gasteiger partial charge in [-0.25, -0.2) is 0 Å². The van der Waals surface area contributed by atoms with Gasteiger partial charge in [0.2, 0.25) is 0 Å². The van der Waals surface area contributed by atoms with Crippen LogP contribution in [-0.2, 0) is 0 Å². The zero-order valence-electron chi connectivity index (χ0n) is 27.5. The van der Waals surface area contributed by atoms with Gasteiger partial charge in [0.15, 0.2) is 0 Å². The second kappa shape index (κ2) is 9.87. The van der Waals surface area contributed by atoms with E-state index in [1.807, 2.05) is 0 Å². The van der Waals surface area contributed by atoms with Crippen molar-refractivity contribution in [3.63, 3.8) is 0 Å². The molecule has 236 valence electrons. The molecule has 0 saturated heterocycles. The molecule has 0 spiro atoms. The molecule has 3 aromatic heterocycles. The van der Waals surface area contributed by atoms with Gasteiger partial charge < -0.3 is 13.7 Å². The Balaban J connectivity index is 1.23. The van der Waals surface area contributed by atoms with E-state index in [1.54, 1.807) is 0 Å². The summed E-state index contributed by atoms with van der Waals surface area (Å²) in [5.41, 5.74) is 8.84. The normalized spacial score (nSPS) is 12.3. The molecule has 0 aliphatic carbocycles. The number of benzene rings is 9. The van der Waals surface area contributed by atoms with Crippen LogP contribution in [0, 0.1) is 0 Å². The Bertz CT molecular complexity index is 3370. The average molecular weight is 649 g/mol. The smallest absolute Gasteiger partial charge is 0.136 e. The molecule has 0 bridgehead atoms. The van der Waals surface area contributed by atoms with Crippen LogP contribution in [0.25, 0.3) is 92.4 Å². The van der Waals surface area contributed by atoms with Crippen molar-refractivity contribution in [2.24, 2.45) is 0 Å². The van der Waals surface area contributed by atoms with E-state index in [9.17, 15) is 0 Å². The molecule has 0 saturated carbocycles. The number of fused-ring (bicyclic) bond motifs is 10. The quantitative estimate of drug-likeness (QED) is 0.178. The van der Waals surface area contributed by atoms with E-state index in [0.29, 0.717) is 0 Å². The number of furan rings is 1. The predicted molar refractivity (Wildman–Crippen MR) is 216 cm³/mol. The minimum atomic E-state index is 0.889. The molecule has 3 heterocycles. The fraction of sp³-hybridized carbons (Fsp3) is 0. The lowest BCUT2D eigenvalue weighted by atomic mass is 9.94. The molecular formula is C48H28N2O. The maximum atomic E-state index is 6.45. The maximum absolute atomic E-state index is 6.45. The van der Waals surface area contributed by atoms with Crippen molar-refractivity contribution in [1.82, 2.24) is 4.40 Å². The van der Waals surface area contributed by atoms with Gasteiger partial charge in [0.05, 0.1) is 22.2 Å². The van der Waals surface area contributed by atoms with Crippen LogP contribution in [0.4, 0.5) is 17.1 Å². The molecule has 0 amide bonds. The highest BCUT2D eigenvalue weighted by Crippen LogP contribution is 2.48. The highest BCUT2D eigenvalue weighted by Gasteiger charge is 2.23. The molecule has 3 heteroatoms. The van der Waals surface area contributed by atoms with E-state index in [0.717, 1.165) is 39.0 Å². The van der Waals surface area contributed by atoms with Crippen LogP contribution < -0.4 is 4.90 Å². The third-order valence-electron chi connectivity index (χ3n) is 11.0. The molecule has 12 aromatic rings. The van der Waals surface area contributed by atoms with Crippen molar-refractivity contribution in [2.45, 2.75) is 0 Å². The van der Waals surface area contributed by atoms with E-state index in [1.165, 1.54) is 70.4 Å². The second-order valence-electron chi connectivity index (χ2n) is 13.7. The molecule has 0 aliphatic rings. The lowest BCUT2D eigenvalue weighted by Gasteiger charge is -2.28. The first kappa shape index (κ1) is 27.0. The highest BCUT2D eigenvalue weighted by atomic mass is 16.3. The van der Waals surface area contributed by atoms with Crippen molar-refractivity contribution in [2.75, 3.05) is 4.90 Å². The SMILES string of the molecule is c1ccc(N(c2ccc3oc4cc5ccccc5cc4c3c2)c2cc3ccc4c5ccccc5n5c6ccccc6c6cccc2c6c3c45)cc1. The molecule has 0 aliphatic heterocycles. The van der Waals surface area contributed by atoms with Crippen LogP contribution in [0.3, 0.4) is 0 Å². The fourth-order valence-electron chi connectivity index (χ4n) is 8.87. The Morgan fingerprint density at radius 3 is 1.86 bits per heavy atom. The van der Waals surface area contributed by atoms with E-state index in [-0.39, 0.29) is 0 Å². The summed E-state index contributed by atoms with van der Waals surface area (Å²) in [5, 5.41) is 14.7. The standard InChI is InChI=1S/C48H28N2O/c1-2-13-32(14-3-1)49(33-22-24-44-40(28-33)39-25-29-11-4-5-12-30(29)27-45(39)51-44)43-26-31-21-23-37-35-16-7-9-20-42(35)50-41-19-8-6-15-34(41)36-17-10-18-38(43)47(36)46(31)48(37)50/h1-28H. The van der Waals surface area contributed by atoms with Gasteiger partial charge in [0.1, 0.15) is 11.2 Å². The average Bonchev–Trinajstić information content (AvgIpc) is 3.67. The lowest BCUT2D eigenvalue weighted by molar-refractivity contribution is 0.669. The summed E-state index contributed by atoms with van der Waals surface area (Å²) >= 11 is 0. The summed E-state index contributed by atoms with van der Waals surface area (Å²) < 4.78 is 8.95. The zero-order valence-corrected chi connectivity index (χ0v) is 27.5. The molecule has 0 N–H and O–H groups in total. The summed E-state index contributed by atoms with van der Waals surface area (Å²) in [4.78, 5) is 2.43. The van der Waals surface area contributed by atoms with Gasteiger partial charge in [-0.3, -0.25) is 0 Å². The topological polar surface area (TPSA) is 20.8 Å². The van der Waals surface area contributed by atoms with Crippen LogP contribution in [-0.4, -0.2) is 4.40 Å². The molecule has 0 fully saturated rings. The third kappa shape index (κ3) is 3.62. The Labute approximate surface area is 292 Å². The van der Waals surface area contributed by atoms with Crippen LogP contribution in [0.5, 0.6) is 0 Å². The van der Waals surface area contributed by atoms with Gasteiger partial charge in [-0.15, -0.1) is 0 Å². The van der Waals surface area contributed by atoms with Gasteiger partial charge in [0.25, 0.3) is 0 Å². The second-order valence-corrected chi connectivity index (χ2v) is 13.7. The largest absolute Gasteiger partial charge is 0.456 e. The molecular weight excluding hydrogens is 621 g/mol. The lowest BCUT2D eigenvalue weighted by Crippen LogP contribution is -2.10. The first-order valence-corrected chi connectivity index (χ1v) is 17.5. The Morgan fingerprint density at radius 2 is 1.04 bits per heavy atom. The molecule has 9 aromatic carbocycles. The number of aromatic nitrogens is 1. The predicted octanol–water partition coefficient (Wildman–Crippen LogP) is 13.7. The van der Waals surface area contributed by atoms with Gasteiger partial charge in [0, 0.05) is 54.5 Å². The maximum Gasteiger partial charge on any atom is 0.136 e. The molecule has 51 heavy (non-hydrogen) atoms. The minimum absolute atomic E-state index is 0.889. The monoisotopic (exact) mass is 648 g/mol. The summed E-state index contributed by atoms with van der Waals surface area (Å²) in [6, 6.07) is 61.9. The molecule has 0 unspecified atom stereocenters. The van der Waals surface area contributed by atoms with Gasteiger partial charge >= 0.3 is 0 Å².